The first-order valence-electron chi connectivity index (χ1n) is 9.44. The van der Waals surface area contributed by atoms with Crippen LogP contribution in [0.3, 0.4) is 0 Å². The molecule has 2 aromatic carbocycles. The number of benzene rings is 2. The number of hydrogen-bond donors (Lipinski definition) is 2. The monoisotopic (exact) mass is 373 g/mol. The van der Waals surface area contributed by atoms with Crippen molar-refractivity contribution in [1.82, 2.24) is 20.2 Å². The van der Waals surface area contributed by atoms with Gasteiger partial charge < -0.3 is 11.1 Å². The molecule has 1 amide bonds. The summed E-state index contributed by atoms with van der Waals surface area (Å²) >= 11 is 0. The van der Waals surface area contributed by atoms with Crippen molar-refractivity contribution in [3.05, 3.63) is 78.1 Å². The molecule has 1 atom stereocenters. The van der Waals surface area contributed by atoms with Gasteiger partial charge in [0.2, 0.25) is 0 Å². The van der Waals surface area contributed by atoms with Gasteiger partial charge in [0.05, 0.1) is 11.9 Å². The number of rotatable bonds is 5. The quantitative estimate of drug-likeness (QED) is 0.718. The molecule has 1 aromatic heterocycles. The Morgan fingerprint density at radius 3 is 2.57 bits per heavy atom. The van der Waals surface area contributed by atoms with E-state index >= 15 is 0 Å². The molecule has 6 heteroatoms. The number of aromatic nitrogens is 2. The molecule has 0 bridgehead atoms. The number of nitrogens with one attached hydrogen (secondary N) is 1. The zero-order valence-corrected chi connectivity index (χ0v) is 15.6. The van der Waals surface area contributed by atoms with Crippen molar-refractivity contribution in [3.8, 4) is 11.3 Å². The Morgan fingerprint density at radius 2 is 1.82 bits per heavy atom. The molecule has 1 saturated heterocycles. The van der Waals surface area contributed by atoms with Gasteiger partial charge in [-0.25, -0.2) is 9.97 Å². The molecule has 0 saturated carbocycles. The minimum Gasteiger partial charge on any atom is -0.382 e. The summed E-state index contributed by atoms with van der Waals surface area (Å²) in [6.07, 6.45) is 2.50. The van der Waals surface area contributed by atoms with E-state index in [9.17, 15) is 4.79 Å². The summed E-state index contributed by atoms with van der Waals surface area (Å²) in [4.78, 5) is 23.7. The lowest BCUT2D eigenvalue weighted by molar-refractivity contribution is 0.0933. The molecular weight excluding hydrogens is 350 g/mol. The third-order valence-corrected chi connectivity index (χ3v) is 4.94. The Morgan fingerprint density at radius 1 is 1.11 bits per heavy atom. The fourth-order valence-electron chi connectivity index (χ4n) is 3.50. The first-order chi connectivity index (χ1) is 13.7. The fourth-order valence-corrected chi connectivity index (χ4v) is 3.50. The Labute approximate surface area is 164 Å². The number of anilines is 1. The summed E-state index contributed by atoms with van der Waals surface area (Å²) in [7, 11) is 0. The molecule has 0 spiro atoms. The number of carbonyl (C=O) groups is 1. The number of amides is 1. The van der Waals surface area contributed by atoms with Crippen LogP contribution in [0, 0.1) is 0 Å². The van der Waals surface area contributed by atoms with Crippen LogP contribution in [0.5, 0.6) is 0 Å². The molecule has 3 N–H and O–H groups in total. The minimum absolute atomic E-state index is 0.0813. The SMILES string of the molecule is Nc1ncc(-c2ccccc2)nc1C(=O)N[C@@H]1CCN(Cc2ccccc2)C1. The van der Waals surface area contributed by atoms with E-state index in [0.29, 0.717) is 5.69 Å². The van der Waals surface area contributed by atoms with E-state index in [1.807, 2.05) is 48.5 Å². The maximum absolute atomic E-state index is 12.8. The van der Waals surface area contributed by atoms with Gasteiger partial charge >= 0.3 is 0 Å². The van der Waals surface area contributed by atoms with Crippen LogP contribution in [0.15, 0.2) is 66.9 Å². The van der Waals surface area contributed by atoms with Crippen molar-refractivity contribution >= 4 is 11.7 Å². The average Bonchev–Trinajstić information content (AvgIpc) is 3.16. The van der Waals surface area contributed by atoms with Gasteiger partial charge in [-0.1, -0.05) is 60.7 Å². The van der Waals surface area contributed by atoms with Crippen LogP contribution in [-0.2, 0) is 6.54 Å². The number of hydrogen-bond acceptors (Lipinski definition) is 5. The number of nitrogens with zero attached hydrogens (tertiary/aromatic N) is 3. The molecule has 1 aliphatic rings. The molecule has 6 nitrogen and oxygen atoms in total. The van der Waals surface area contributed by atoms with Gasteiger partial charge in [-0.2, -0.15) is 0 Å². The minimum atomic E-state index is -0.269. The van der Waals surface area contributed by atoms with E-state index < -0.39 is 0 Å². The van der Waals surface area contributed by atoms with Crippen LogP contribution in [0.1, 0.15) is 22.5 Å². The molecule has 142 valence electrons. The third kappa shape index (κ3) is 4.18. The van der Waals surface area contributed by atoms with Crippen LogP contribution >= 0.6 is 0 Å². The maximum atomic E-state index is 12.8. The maximum Gasteiger partial charge on any atom is 0.274 e. The largest absolute Gasteiger partial charge is 0.382 e. The first kappa shape index (κ1) is 18.1. The number of carbonyl (C=O) groups excluding carboxylic acids is 1. The molecule has 0 radical (unpaired) electrons. The predicted octanol–water partition coefficient (Wildman–Crippen LogP) is 2.73. The van der Waals surface area contributed by atoms with Crippen LogP contribution < -0.4 is 11.1 Å². The summed E-state index contributed by atoms with van der Waals surface area (Å²) < 4.78 is 0. The Hall–Kier alpha value is -3.25. The van der Waals surface area contributed by atoms with E-state index in [2.05, 4.69) is 32.3 Å². The standard InChI is InChI=1S/C22H23N5O/c23-21-20(26-19(13-24-21)17-9-5-2-6-10-17)22(28)25-18-11-12-27(15-18)14-16-7-3-1-4-8-16/h1-10,13,18H,11-12,14-15H2,(H2,23,24)(H,25,28)/t18-/m1/s1. The second-order valence-electron chi connectivity index (χ2n) is 7.03. The smallest absolute Gasteiger partial charge is 0.274 e. The lowest BCUT2D eigenvalue weighted by Gasteiger charge is -2.17. The van der Waals surface area contributed by atoms with Crippen molar-refractivity contribution in [2.75, 3.05) is 18.8 Å². The molecule has 4 rings (SSSR count). The Kier molecular flexibility index (Phi) is 5.30. The second kappa shape index (κ2) is 8.19. The van der Waals surface area contributed by atoms with E-state index in [1.165, 1.54) is 5.56 Å². The van der Waals surface area contributed by atoms with Crippen molar-refractivity contribution in [3.63, 3.8) is 0 Å². The van der Waals surface area contributed by atoms with E-state index in [-0.39, 0.29) is 23.5 Å². The number of nitrogen functional groups attached to an aromatic ring is 1. The highest BCUT2D eigenvalue weighted by atomic mass is 16.2. The summed E-state index contributed by atoms with van der Waals surface area (Å²) in [5.74, 6) is -0.120. The highest BCUT2D eigenvalue weighted by molar-refractivity contribution is 5.97. The molecule has 2 heterocycles. The van der Waals surface area contributed by atoms with Crippen molar-refractivity contribution in [1.29, 1.82) is 0 Å². The van der Waals surface area contributed by atoms with Crippen molar-refractivity contribution in [2.24, 2.45) is 0 Å². The summed E-state index contributed by atoms with van der Waals surface area (Å²) in [6.45, 7) is 2.65. The topological polar surface area (TPSA) is 84.1 Å². The fraction of sp³-hybridized carbons (Fsp3) is 0.227. The molecule has 0 aliphatic carbocycles. The van der Waals surface area contributed by atoms with Crippen LogP contribution in [0.4, 0.5) is 5.82 Å². The number of likely N-dealkylation sites (tertiary alicyclic amines) is 1. The van der Waals surface area contributed by atoms with Gasteiger partial charge in [0.15, 0.2) is 11.5 Å². The normalized spacial score (nSPS) is 16.8. The molecule has 0 unspecified atom stereocenters. The molecule has 1 aliphatic heterocycles. The van der Waals surface area contributed by atoms with E-state index in [1.54, 1.807) is 6.20 Å². The van der Waals surface area contributed by atoms with Gasteiger partial charge in [-0.05, 0) is 12.0 Å². The van der Waals surface area contributed by atoms with Crippen LogP contribution in [0.25, 0.3) is 11.3 Å². The van der Waals surface area contributed by atoms with Gasteiger partial charge in [-0.15, -0.1) is 0 Å². The highest BCUT2D eigenvalue weighted by Gasteiger charge is 2.25. The molecule has 1 fully saturated rings. The second-order valence-corrected chi connectivity index (χ2v) is 7.03. The van der Waals surface area contributed by atoms with E-state index in [0.717, 1.165) is 31.6 Å². The van der Waals surface area contributed by atoms with Gasteiger partial charge in [0.1, 0.15) is 0 Å². The lowest BCUT2D eigenvalue weighted by atomic mass is 10.1. The zero-order chi connectivity index (χ0) is 19.3. The predicted molar refractivity (Wildman–Crippen MR) is 109 cm³/mol. The molecule has 3 aromatic rings. The average molecular weight is 373 g/mol. The first-order valence-corrected chi connectivity index (χ1v) is 9.44. The van der Waals surface area contributed by atoms with Crippen LogP contribution in [-0.4, -0.2) is 39.9 Å². The highest BCUT2D eigenvalue weighted by Crippen LogP contribution is 2.19. The van der Waals surface area contributed by atoms with Crippen molar-refractivity contribution in [2.45, 2.75) is 19.0 Å². The summed E-state index contributed by atoms with van der Waals surface area (Å²) in [5.41, 5.74) is 8.93. The molecular formula is C22H23N5O. The number of nitrogens with two attached hydrogens (primary N) is 1. The zero-order valence-electron chi connectivity index (χ0n) is 15.6. The third-order valence-electron chi connectivity index (χ3n) is 4.94. The molecule has 28 heavy (non-hydrogen) atoms. The Balaban J connectivity index is 1.41. The van der Waals surface area contributed by atoms with Crippen LogP contribution in [0.2, 0.25) is 0 Å². The lowest BCUT2D eigenvalue weighted by Crippen LogP contribution is -2.37. The summed E-state index contributed by atoms with van der Waals surface area (Å²) in [6, 6.07) is 20.1. The Bertz CT molecular complexity index is 946. The van der Waals surface area contributed by atoms with E-state index in [4.69, 9.17) is 5.73 Å². The van der Waals surface area contributed by atoms with Gasteiger partial charge in [0, 0.05) is 31.2 Å². The van der Waals surface area contributed by atoms with Gasteiger partial charge in [0.25, 0.3) is 5.91 Å². The van der Waals surface area contributed by atoms with Gasteiger partial charge in [-0.3, -0.25) is 9.69 Å². The van der Waals surface area contributed by atoms with Crippen molar-refractivity contribution < 1.29 is 4.79 Å². The summed E-state index contributed by atoms with van der Waals surface area (Å²) in [5, 5.41) is 3.07.